The van der Waals surface area contributed by atoms with Crippen LogP contribution in [-0.2, 0) is 0 Å². The Kier molecular flexibility index (Phi) is 6.10. The number of nitrogens with zero attached hydrogens (tertiary/aromatic N) is 1. The summed E-state index contributed by atoms with van der Waals surface area (Å²) in [6.45, 7) is 4.74. The first-order chi connectivity index (χ1) is 9.22. The van der Waals surface area contributed by atoms with E-state index in [0.717, 1.165) is 12.6 Å². The van der Waals surface area contributed by atoms with Gasteiger partial charge in [0.1, 0.15) is 0 Å². The molecule has 1 aliphatic heterocycles. The summed E-state index contributed by atoms with van der Waals surface area (Å²) in [5.41, 5.74) is 1.46. The van der Waals surface area contributed by atoms with Crippen molar-refractivity contribution in [1.82, 2.24) is 10.2 Å². The van der Waals surface area contributed by atoms with Gasteiger partial charge in [-0.2, -0.15) is 0 Å². The Hall–Kier alpha value is -0.130. The smallest absolute Gasteiger partial charge is 0.0322 e. The Morgan fingerprint density at radius 3 is 2.74 bits per heavy atom. The summed E-state index contributed by atoms with van der Waals surface area (Å²) >= 11 is 2.37. The third kappa shape index (κ3) is 4.17. The van der Waals surface area contributed by atoms with Gasteiger partial charge in [-0.1, -0.05) is 18.6 Å². The molecule has 0 aromatic heterocycles. The quantitative estimate of drug-likeness (QED) is 0.791. The minimum absolute atomic E-state index is 0.541. The summed E-state index contributed by atoms with van der Waals surface area (Å²) in [6.07, 6.45) is 5.37. The molecular weight excluding hydrogens is 347 g/mol. The zero-order valence-corrected chi connectivity index (χ0v) is 14.2. The van der Waals surface area contributed by atoms with Gasteiger partial charge in [0, 0.05) is 15.7 Å². The molecule has 1 aromatic carbocycles. The summed E-state index contributed by atoms with van der Waals surface area (Å²) in [6, 6.07) is 10.3. The molecule has 0 radical (unpaired) electrons. The minimum Gasteiger partial charge on any atom is -0.320 e. The van der Waals surface area contributed by atoms with Gasteiger partial charge in [-0.25, -0.2) is 0 Å². The highest BCUT2D eigenvalue weighted by molar-refractivity contribution is 14.1. The van der Waals surface area contributed by atoms with Gasteiger partial charge in [-0.3, -0.25) is 4.90 Å². The Morgan fingerprint density at radius 2 is 2.05 bits per heavy atom. The van der Waals surface area contributed by atoms with Gasteiger partial charge in [0.2, 0.25) is 0 Å². The molecule has 1 fully saturated rings. The second-order valence-corrected chi connectivity index (χ2v) is 6.75. The fourth-order valence-corrected chi connectivity index (χ4v) is 3.45. The summed E-state index contributed by atoms with van der Waals surface area (Å²) in [5.74, 6) is 0. The van der Waals surface area contributed by atoms with E-state index in [1.54, 1.807) is 0 Å². The van der Waals surface area contributed by atoms with Crippen LogP contribution in [0, 0.1) is 3.57 Å². The minimum atomic E-state index is 0.541. The average molecular weight is 372 g/mol. The molecule has 1 heterocycles. The van der Waals surface area contributed by atoms with Crippen LogP contribution in [0.1, 0.15) is 44.2 Å². The number of likely N-dealkylation sites (tertiary alicyclic amines) is 1. The maximum absolute atomic E-state index is 3.29. The molecule has 2 atom stereocenters. The lowest BCUT2D eigenvalue weighted by atomic mass is 9.95. The molecule has 0 amide bonds. The molecule has 0 saturated carbocycles. The fourth-order valence-electron chi connectivity index (χ4n) is 3.09. The van der Waals surface area contributed by atoms with Crippen molar-refractivity contribution in [3.63, 3.8) is 0 Å². The summed E-state index contributed by atoms with van der Waals surface area (Å²) in [7, 11) is 2.05. The van der Waals surface area contributed by atoms with Crippen LogP contribution in [0.2, 0.25) is 0 Å². The molecule has 19 heavy (non-hydrogen) atoms. The van der Waals surface area contributed by atoms with Crippen molar-refractivity contribution < 1.29 is 0 Å². The lowest BCUT2D eigenvalue weighted by Crippen LogP contribution is -2.42. The number of rotatable bonds is 5. The largest absolute Gasteiger partial charge is 0.320 e. The maximum atomic E-state index is 3.29. The first kappa shape index (κ1) is 15.3. The van der Waals surface area contributed by atoms with E-state index in [1.807, 2.05) is 0 Å². The molecule has 0 spiro atoms. The van der Waals surface area contributed by atoms with Crippen LogP contribution in [0.3, 0.4) is 0 Å². The van der Waals surface area contributed by atoms with Crippen molar-refractivity contribution in [1.29, 1.82) is 0 Å². The van der Waals surface area contributed by atoms with E-state index < -0.39 is 0 Å². The van der Waals surface area contributed by atoms with E-state index in [2.05, 4.69) is 71.0 Å². The van der Waals surface area contributed by atoms with Crippen LogP contribution in [0.5, 0.6) is 0 Å². The Balaban J connectivity index is 2.05. The third-order valence-corrected chi connectivity index (χ3v) is 4.97. The standard InChI is InChI=1S/C16H25IN2/c1-13(14-6-8-15(17)9-7-14)19-12-4-3-5-16(19)10-11-18-2/h6-9,13,16,18H,3-5,10-12H2,1-2H3. The van der Waals surface area contributed by atoms with Gasteiger partial charge >= 0.3 is 0 Å². The van der Waals surface area contributed by atoms with Gasteiger partial charge in [0.25, 0.3) is 0 Å². The highest BCUT2D eigenvalue weighted by Crippen LogP contribution is 2.29. The average Bonchev–Trinajstić information content (AvgIpc) is 2.45. The number of halogens is 1. The predicted octanol–water partition coefficient (Wildman–Crippen LogP) is 3.82. The molecule has 1 aliphatic rings. The van der Waals surface area contributed by atoms with Crippen molar-refractivity contribution in [2.75, 3.05) is 20.1 Å². The SMILES string of the molecule is CNCCC1CCCCN1C(C)c1ccc(I)cc1. The van der Waals surface area contributed by atoms with Crippen molar-refractivity contribution in [3.05, 3.63) is 33.4 Å². The van der Waals surface area contributed by atoms with E-state index in [4.69, 9.17) is 0 Å². The van der Waals surface area contributed by atoms with Crippen LogP contribution in [0.25, 0.3) is 0 Å². The van der Waals surface area contributed by atoms with Gasteiger partial charge in [0.15, 0.2) is 0 Å². The van der Waals surface area contributed by atoms with Crippen LogP contribution < -0.4 is 5.32 Å². The number of piperidine rings is 1. The maximum Gasteiger partial charge on any atom is 0.0322 e. The molecular formula is C16H25IN2. The summed E-state index contributed by atoms with van der Waals surface area (Å²) in [4.78, 5) is 2.71. The lowest BCUT2D eigenvalue weighted by molar-refractivity contribution is 0.0972. The van der Waals surface area contributed by atoms with E-state index in [0.29, 0.717) is 6.04 Å². The molecule has 0 bridgehead atoms. The number of hydrogen-bond donors (Lipinski definition) is 1. The predicted molar refractivity (Wildman–Crippen MR) is 90.5 cm³/mol. The van der Waals surface area contributed by atoms with Gasteiger partial charge < -0.3 is 5.32 Å². The van der Waals surface area contributed by atoms with Gasteiger partial charge in [0.05, 0.1) is 0 Å². The Labute approximate surface area is 131 Å². The van der Waals surface area contributed by atoms with E-state index in [1.165, 1.54) is 41.4 Å². The summed E-state index contributed by atoms with van der Waals surface area (Å²) in [5, 5.41) is 3.29. The number of benzene rings is 1. The zero-order valence-electron chi connectivity index (χ0n) is 12.0. The third-order valence-electron chi connectivity index (χ3n) is 4.25. The first-order valence-corrected chi connectivity index (χ1v) is 8.46. The van der Waals surface area contributed by atoms with Crippen LogP contribution in [-0.4, -0.2) is 31.1 Å². The molecule has 2 nitrogen and oxygen atoms in total. The Morgan fingerprint density at radius 1 is 1.32 bits per heavy atom. The van der Waals surface area contributed by atoms with Crippen molar-refractivity contribution in [3.8, 4) is 0 Å². The fraction of sp³-hybridized carbons (Fsp3) is 0.625. The van der Waals surface area contributed by atoms with E-state index >= 15 is 0 Å². The molecule has 3 heteroatoms. The topological polar surface area (TPSA) is 15.3 Å². The molecule has 2 rings (SSSR count). The molecule has 0 aliphatic carbocycles. The van der Waals surface area contributed by atoms with Crippen LogP contribution in [0.15, 0.2) is 24.3 Å². The highest BCUT2D eigenvalue weighted by Gasteiger charge is 2.26. The van der Waals surface area contributed by atoms with Crippen LogP contribution >= 0.6 is 22.6 Å². The van der Waals surface area contributed by atoms with Gasteiger partial charge in [-0.05, 0) is 86.6 Å². The summed E-state index contributed by atoms with van der Waals surface area (Å²) < 4.78 is 1.32. The second kappa shape index (κ2) is 7.60. The Bertz CT molecular complexity index is 377. The number of nitrogens with one attached hydrogen (secondary N) is 1. The lowest BCUT2D eigenvalue weighted by Gasteiger charge is -2.40. The van der Waals surface area contributed by atoms with Crippen molar-refractivity contribution in [2.24, 2.45) is 0 Å². The second-order valence-electron chi connectivity index (χ2n) is 5.51. The van der Waals surface area contributed by atoms with Gasteiger partial charge in [-0.15, -0.1) is 0 Å². The van der Waals surface area contributed by atoms with E-state index in [-0.39, 0.29) is 0 Å². The number of hydrogen-bond acceptors (Lipinski definition) is 2. The molecule has 106 valence electrons. The first-order valence-electron chi connectivity index (χ1n) is 7.38. The van der Waals surface area contributed by atoms with Crippen molar-refractivity contribution >= 4 is 22.6 Å². The zero-order chi connectivity index (χ0) is 13.7. The molecule has 2 unspecified atom stereocenters. The molecule has 1 N–H and O–H groups in total. The van der Waals surface area contributed by atoms with Crippen molar-refractivity contribution in [2.45, 2.75) is 44.7 Å². The molecule has 1 aromatic rings. The van der Waals surface area contributed by atoms with Crippen LogP contribution in [0.4, 0.5) is 0 Å². The van der Waals surface area contributed by atoms with E-state index in [9.17, 15) is 0 Å². The normalized spacial score (nSPS) is 22.4. The highest BCUT2D eigenvalue weighted by atomic mass is 127. The monoisotopic (exact) mass is 372 g/mol. The molecule has 1 saturated heterocycles.